The van der Waals surface area contributed by atoms with Crippen LogP contribution >= 0.6 is 11.6 Å². The van der Waals surface area contributed by atoms with Crippen LogP contribution in [-0.4, -0.2) is 37.8 Å². The lowest BCUT2D eigenvalue weighted by atomic mass is 9.51. The van der Waals surface area contributed by atoms with E-state index in [4.69, 9.17) is 25.8 Å². The predicted molar refractivity (Wildman–Crippen MR) is 148 cm³/mol. The number of ether oxygens (including phenoxy) is 3. The number of methoxy groups -OCH3 is 1. The van der Waals surface area contributed by atoms with E-state index in [0.717, 1.165) is 61.3 Å². The van der Waals surface area contributed by atoms with Crippen molar-refractivity contribution in [3.63, 3.8) is 0 Å². The van der Waals surface area contributed by atoms with Crippen molar-refractivity contribution in [2.75, 3.05) is 31.8 Å². The van der Waals surface area contributed by atoms with Crippen LogP contribution < -0.4 is 19.1 Å². The number of pyridine rings is 1. The predicted octanol–water partition coefficient (Wildman–Crippen LogP) is 6.76. The van der Waals surface area contributed by atoms with Crippen molar-refractivity contribution in [2.24, 2.45) is 5.41 Å². The number of benzene rings is 2. The van der Waals surface area contributed by atoms with E-state index in [1.165, 1.54) is 5.56 Å². The first-order valence-electron chi connectivity index (χ1n) is 13.4. The molecule has 7 heteroatoms. The Labute approximate surface area is 228 Å². The summed E-state index contributed by atoms with van der Waals surface area (Å²) in [6, 6.07) is 13.8. The Balaban J connectivity index is 1.29. The lowest BCUT2D eigenvalue weighted by Gasteiger charge is -2.55. The number of aromatic nitrogens is 1. The van der Waals surface area contributed by atoms with Crippen LogP contribution in [0.3, 0.4) is 0 Å². The fourth-order valence-corrected chi connectivity index (χ4v) is 6.82. The lowest BCUT2D eigenvalue weighted by Crippen LogP contribution is -2.50. The van der Waals surface area contributed by atoms with Crippen LogP contribution in [0.1, 0.15) is 60.0 Å². The summed E-state index contributed by atoms with van der Waals surface area (Å²) in [6.45, 7) is 3.78. The van der Waals surface area contributed by atoms with Crippen LogP contribution in [-0.2, 0) is 5.41 Å². The van der Waals surface area contributed by atoms with Crippen molar-refractivity contribution in [1.82, 2.24) is 4.98 Å². The molecule has 1 aliphatic heterocycles. The first-order chi connectivity index (χ1) is 18.4. The highest BCUT2D eigenvalue weighted by Crippen LogP contribution is 2.59. The van der Waals surface area contributed by atoms with E-state index < -0.39 is 0 Å². The fourth-order valence-electron chi connectivity index (χ4n) is 6.60. The van der Waals surface area contributed by atoms with Gasteiger partial charge in [-0.1, -0.05) is 17.7 Å². The summed E-state index contributed by atoms with van der Waals surface area (Å²) in [6.07, 6.45) is 9.92. The van der Waals surface area contributed by atoms with Gasteiger partial charge in [0, 0.05) is 41.3 Å². The van der Waals surface area contributed by atoms with Crippen molar-refractivity contribution in [3.8, 4) is 17.2 Å². The third-order valence-corrected chi connectivity index (χ3v) is 9.17. The summed E-state index contributed by atoms with van der Waals surface area (Å²) in [4.78, 5) is 20.1. The Kier molecular flexibility index (Phi) is 6.47. The zero-order chi connectivity index (χ0) is 26.3. The molecule has 0 saturated heterocycles. The molecule has 38 heavy (non-hydrogen) atoms. The van der Waals surface area contributed by atoms with Crippen LogP contribution in [0.25, 0.3) is 0 Å². The highest BCUT2D eigenvalue weighted by atomic mass is 35.5. The van der Waals surface area contributed by atoms with Crippen LogP contribution in [0, 0.1) is 12.3 Å². The number of aryl methyl sites for hydroxylation is 1. The Morgan fingerprint density at radius 3 is 2.45 bits per heavy atom. The zero-order valence-electron chi connectivity index (χ0n) is 22.0. The number of amides is 1. The molecule has 0 radical (unpaired) electrons. The Morgan fingerprint density at radius 2 is 1.74 bits per heavy atom. The molecular formula is C31H33ClN2O4. The molecule has 3 aliphatic carbocycles. The van der Waals surface area contributed by atoms with Crippen LogP contribution in [0.5, 0.6) is 17.2 Å². The summed E-state index contributed by atoms with van der Waals surface area (Å²) in [5, 5.41) is 0.547. The second-order valence-corrected chi connectivity index (χ2v) is 11.5. The summed E-state index contributed by atoms with van der Waals surface area (Å²) >= 11 is 6.46. The first kappa shape index (κ1) is 25.1. The second-order valence-electron chi connectivity index (χ2n) is 11.1. The monoisotopic (exact) mass is 532 g/mol. The van der Waals surface area contributed by atoms with E-state index in [2.05, 4.69) is 23.2 Å². The van der Waals surface area contributed by atoms with E-state index in [1.54, 1.807) is 31.6 Å². The largest absolute Gasteiger partial charge is 0.497 e. The molecule has 1 amide bonds. The molecule has 3 aromatic rings. The summed E-state index contributed by atoms with van der Waals surface area (Å²) < 4.78 is 17.1. The van der Waals surface area contributed by atoms with E-state index in [1.807, 2.05) is 24.0 Å². The van der Waals surface area contributed by atoms with Crippen molar-refractivity contribution < 1.29 is 19.0 Å². The Bertz CT molecular complexity index is 1350. The minimum Gasteiger partial charge on any atom is -0.497 e. The molecule has 2 heterocycles. The molecule has 2 bridgehead atoms. The maximum Gasteiger partial charge on any atom is 0.258 e. The van der Waals surface area contributed by atoms with Crippen molar-refractivity contribution in [3.05, 3.63) is 76.6 Å². The second kappa shape index (κ2) is 9.81. The van der Waals surface area contributed by atoms with Crippen molar-refractivity contribution >= 4 is 23.2 Å². The molecule has 2 aromatic carbocycles. The van der Waals surface area contributed by atoms with Gasteiger partial charge in [-0.2, -0.15) is 0 Å². The minimum absolute atomic E-state index is 0.0298. The summed E-state index contributed by atoms with van der Waals surface area (Å²) in [7, 11) is 1.62. The summed E-state index contributed by atoms with van der Waals surface area (Å²) in [5.41, 5.74) is 3.86. The quantitative estimate of drug-likeness (QED) is 0.351. The van der Waals surface area contributed by atoms with Gasteiger partial charge in [0.25, 0.3) is 5.91 Å². The third kappa shape index (κ3) is 4.49. The first-order valence-corrected chi connectivity index (χ1v) is 13.8. The smallest absolute Gasteiger partial charge is 0.258 e. The number of carbonyl (C=O) groups excluding carboxylic acids is 1. The topological polar surface area (TPSA) is 60.9 Å². The normalized spacial score (nSPS) is 23.7. The maximum absolute atomic E-state index is 14.0. The number of rotatable bonds is 6. The number of hydrogen-bond donors (Lipinski definition) is 0. The van der Waals surface area contributed by atoms with Gasteiger partial charge in [-0.15, -0.1) is 0 Å². The molecule has 4 aliphatic rings. The molecule has 3 saturated carbocycles. The van der Waals surface area contributed by atoms with Gasteiger partial charge in [-0.3, -0.25) is 9.78 Å². The maximum atomic E-state index is 14.0. The molecule has 1 aromatic heterocycles. The molecule has 7 rings (SSSR count). The van der Waals surface area contributed by atoms with Crippen molar-refractivity contribution in [2.45, 2.75) is 50.9 Å². The highest BCUT2D eigenvalue weighted by Gasteiger charge is 2.50. The van der Waals surface area contributed by atoms with Crippen LogP contribution in [0.2, 0.25) is 5.02 Å². The third-order valence-electron chi connectivity index (χ3n) is 8.95. The van der Waals surface area contributed by atoms with Gasteiger partial charge >= 0.3 is 0 Å². The molecule has 3 fully saturated rings. The number of anilines is 1. The molecule has 0 unspecified atom stereocenters. The Hall–Kier alpha value is -3.25. The van der Waals surface area contributed by atoms with Gasteiger partial charge in [0.1, 0.15) is 19.0 Å². The molecule has 0 atom stereocenters. The van der Waals surface area contributed by atoms with Gasteiger partial charge in [-0.25, -0.2) is 0 Å². The van der Waals surface area contributed by atoms with E-state index in [-0.39, 0.29) is 16.7 Å². The standard InChI is InChI=1S/C31H33ClN2O4/c1-21-19-33-12-5-26(21)29(35)34(24-16-23(32)17-25(18-24)36-2)20-30-6-9-31(10-7-30,11-8-30)22-3-4-27-28(15-22)38-14-13-37-27/h3-5,12,15-19H,6-11,13-14,20H2,1-2H3. The van der Waals surface area contributed by atoms with Gasteiger partial charge in [0.15, 0.2) is 11.5 Å². The van der Waals surface area contributed by atoms with E-state index in [9.17, 15) is 4.79 Å². The molecule has 0 N–H and O–H groups in total. The van der Waals surface area contributed by atoms with Crippen molar-refractivity contribution in [1.29, 1.82) is 0 Å². The molecule has 198 valence electrons. The van der Waals surface area contributed by atoms with Gasteiger partial charge in [0.2, 0.25) is 0 Å². The molecular weight excluding hydrogens is 500 g/mol. The Morgan fingerprint density at radius 1 is 1.00 bits per heavy atom. The minimum atomic E-state index is -0.0298. The zero-order valence-corrected chi connectivity index (χ0v) is 22.7. The van der Waals surface area contributed by atoms with Crippen LogP contribution in [0.15, 0.2) is 54.9 Å². The molecule has 0 spiro atoms. The molecule has 6 nitrogen and oxygen atoms in total. The SMILES string of the molecule is COc1cc(Cl)cc(N(CC23CCC(c4ccc5c(c4)OCCO5)(CC2)CC3)C(=O)c2ccncc2C)c1. The average molecular weight is 533 g/mol. The van der Waals surface area contributed by atoms with E-state index >= 15 is 0 Å². The van der Waals surface area contributed by atoms with Gasteiger partial charge < -0.3 is 19.1 Å². The lowest BCUT2D eigenvalue weighted by molar-refractivity contribution is 0.0439. The number of halogens is 1. The number of fused-ring (bicyclic) bond motifs is 4. The number of hydrogen-bond acceptors (Lipinski definition) is 5. The summed E-state index contributed by atoms with van der Waals surface area (Å²) in [5.74, 6) is 2.32. The average Bonchev–Trinajstić information content (AvgIpc) is 2.96. The van der Waals surface area contributed by atoms with Gasteiger partial charge in [0.05, 0.1) is 7.11 Å². The van der Waals surface area contributed by atoms with E-state index in [0.29, 0.717) is 36.1 Å². The fraction of sp³-hybridized carbons (Fsp3) is 0.419. The number of carbonyl (C=O) groups is 1. The van der Waals surface area contributed by atoms with Gasteiger partial charge in [-0.05, 0) is 97.7 Å². The highest BCUT2D eigenvalue weighted by molar-refractivity contribution is 6.31. The number of nitrogens with zero attached hydrogens (tertiary/aromatic N) is 2. The van der Waals surface area contributed by atoms with Crippen LogP contribution in [0.4, 0.5) is 5.69 Å².